The third-order valence-electron chi connectivity index (χ3n) is 3.26. The van der Waals surface area contributed by atoms with Gasteiger partial charge in [-0.3, -0.25) is 0 Å². The SMILES string of the molecule is CC1CCCCCC1NCC(C)(C)C. The summed E-state index contributed by atoms with van der Waals surface area (Å²) in [7, 11) is 0. The first-order valence-electron chi connectivity index (χ1n) is 6.22. The highest BCUT2D eigenvalue weighted by Gasteiger charge is 2.21. The Bertz CT molecular complexity index is 157. The number of rotatable bonds is 2. The number of nitrogens with one attached hydrogen (secondary N) is 1. The molecule has 1 saturated carbocycles. The molecule has 1 fully saturated rings. The second-order valence-corrected chi connectivity index (χ2v) is 6.16. The van der Waals surface area contributed by atoms with E-state index >= 15 is 0 Å². The highest BCUT2D eigenvalue weighted by atomic mass is 14.9. The van der Waals surface area contributed by atoms with Crippen molar-refractivity contribution in [2.45, 2.75) is 65.8 Å². The van der Waals surface area contributed by atoms with E-state index in [1.54, 1.807) is 0 Å². The van der Waals surface area contributed by atoms with E-state index in [4.69, 9.17) is 0 Å². The molecule has 0 saturated heterocycles. The lowest BCUT2D eigenvalue weighted by atomic mass is 9.93. The molecule has 0 spiro atoms. The molecule has 2 unspecified atom stereocenters. The third kappa shape index (κ3) is 4.45. The van der Waals surface area contributed by atoms with Crippen molar-refractivity contribution in [3.05, 3.63) is 0 Å². The summed E-state index contributed by atoms with van der Waals surface area (Å²) in [6.45, 7) is 10.5. The third-order valence-corrected chi connectivity index (χ3v) is 3.26. The van der Waals surface area contributed by atoms with Crippen LogP contribution in [0.4, 0.5) is 0 Å². The van der Waals surface area contributed by atoms with E-state index in [1.165, 1.54) is 32.1 Å². The van der Waals surface area contributed by atoms with Gasteiger partial charge in [0.05, 0.1) is 0 Å². The lowest BCUT2D eigenvalue weighted by Crippen LogP contribution is -2.39. The van der Waals surface area contributed by atoms with Crippen LogP contribution in [-0.2, 0) is 0 Å². The van der Waals surface area contributed by atoms with Crippen LogP contribution >= 0.6 is 0 Å². The van der Waals surface area contributed by atoms with Crippen LogP contribution < -0.4 is 5.32 Å². The molecule has 0 amide bonds. The van der Waals surface area contributed by atoms with Crippen LogP contribution in [0.3, 0.4) is 0 Å². The normalized spacial score (nSPS) is 30.0. The molecule has 1 aliphatic rings. The van der Waals surface area contributed by atoms with Crippen LogP contribution in [-0.4, -0.2) is 12.6 Å². The number of hydrogen-bond acceptors (Lipinski definition) is 1. The molecule has 1 rings (SSSR count). The smallest absolute Gasteiger partial charge is 0.00929 e. The molecular weight excluding hydrogens is 170 g/mol. The Morgan fingerprint density at radius 1 is 1.07 bits per heavy atom. The van der Waals surface area contributed by atoms with Gasteiger partial charge < -0.3 is 5.32 Å². The van der Waals surface area contributed by atoms with E-state index in [1.807, 2.05) is 0 Å². The fraction of sp³-hybridized carbons (Fsp3) is 1.00. The standard InChI is InChI=1S/C13H27N/c1-11-8-6-5-7-9-12(11)14-10-13(2,3)4/h11-12,14H,5-10H2,1-4H3. The number of hydrogen-bond donors (Lipinski definition) is 1. The van der Waals surface area contributed by atoms with Gasteiger partial charge in [0.2, 0.25) is 0 Å². The topological polar surface area (TPSA) is 12.0 Å². The van der Waals surface area contributed by atoms with Crippen molar-refractivity contribution in [1.29, 1.82) is 0 Å². The molecule has 1 heteroatoms. The summed E-state index contributed by atoms with van der Waals surface area (Å²) in [6.07, 6.45) is 7.11. The van der Waals surface area contributed by atoms with Gasteiger partial charge in [-0.15, -0.1) is 0 Å². The van der Waals surface area contributed by atoms with Crippen LogP contribution in [0.1, 0.15) is 59.8 Å². The summed E-state index contributed by atoms with van der Waals surface area (Å²) in [5.74, 6) is 0.875. The largest absolute Gasteiger partial charge is 0.313 e. The van der Waals surface area contributed by atoms with Crippen LogP contribution in [0.15, 0.2) is 0 Å². The molecule has 84 valence electrons. The molecule has 0 radical (unpaired) electrons. The molecule has 0 aromatic rings. The molecule has 2 atom stereocenters. The lowest BCUT2D eigenvalue weighted by Gasteiger charge is -2.27. The van der Waals surface area contributed by atoms with Gasteiger partial charge in [-0.1, -0.05) is 47.0 Å². The van der Waals surface area contributed by atoms with Crippen molar-refractivity contribution >= 4 is 0 Å². The Morgan fingerprint density at radius 2 is 1.71 bits per heavy atom. The van der Waals surface area contributed by atoms with Crippen LogP contribution in [0.25, 0.3) is 0 Å². The fourth-order valence-electron chi connectivity index (χ4n) is 2.23. The Morgan fingerprint density at radius 3 is 2.36 bits per heavy atom. The van der Waals surface area contributed by atoms with Gasteiger partial charge in [-0.25, -0.2) is 0 Å². The van der Waals surface area contributed by atoms with Gasteiger partial charge in [0.1, 0.15) is 0 Å². The molecule has 0 heterocycles. The van der Waals surface area contributed by atoms with E-state index in [0.29, 0.717) is 5.41 Å². The maximum Gasteiger partial charge on any atom is 0.00929 e. The van der Waals surface area contributed by atoms with E-state index < -0.39 is 0 Å². The molecule has 1 nitrogen and oxygen atoms in total. The maximum atomic E-state index is 3.75. The zero-order chi connectivity index (χ0) is 10.6. The predicted octanol–water partition coefficient (Wildman–Crippen LogP) is 3.59. The van der Waals surface area contributed by atoms with Crippen molar-refractivity contribution in [3.8, 4) is 0 Å². The Kier molecular flexibility index (Phi) is 4.43. The van der Waals surface area contributed by atoms with Crippen LogP contribution in [0.2, 0.25) is 0 Å². The molecule has 14 heavy (non-hydrogen) atoms. The zero-order valence-electron chi connectivity index (χ0n) is 10.4. The van der Waals surface area contributed by atoms with Crippen molar-refractivity contribution in [3.63, 3.8) is 0 Å². The fourth-order valence-corrected chi connectivity index (χ4v) is 2.23. The molecule has 0 aromatic heterocycles. The second kappa shape index (κ2) is 5.16. The van der Waals surface area contributed by atoms with Crippen LogP contribution in [0.5, 0.6) is 0 Å². The molecule has 1 aliphatic carbocycles. The quantitative estimate of drug-likeness (QED) is 0.667. The van der Waals surface area contributed by atoms with Gasteiger partial charge in [-0.2, -0.15) is 0 Å². The van der Waals surface area contributed by atoms with Crippen molar-refractivity contribution in [1.82, 2.24) is 5.32 Å². The minimum atomic E-state index is 0.423. The van der Waals surface area contributed by atoms with Crippen molar-refractivity contribution in [2.24, 2.45) is 11.3 Å². The first-order chi connectivity index (χ1) is 6.49. The van der Waals surface area contributed by atoms with Gasteiger partial charge in [0, 0.05) is 12.6 Å². The summed E-state index contributed by atoms with van der Waals surface area (Å²) in [5.41, 5.74) is 0.423. The van der Waals surface area contributed by atoms with E-state index in [9.17, 15) is 0 Å². The van der Waals surface area contributed by atoms with E-state index in [-0.39, 0.29) is 0 Å². The molecule has 0 bridgehead atoms. The minimum Gasteiger partial charge on any atom is -0.313 e. The average Bonchev–Trinajstić information content (AvgIpc) is 2.25. The predicted molar refractivity (Wildman–Crippen MR) is 63.5 cm³/mol. The monoisotopic (exact) mass is 197 g/mol. The highest BCUT2D eigenvalue weighted by molar-refractivity contribution is 4.78. The van der Waals surface area contributed by atoms with Gasteiger partial charge in [0.15, 0.2) is 0 Å². The maximum absolute atomic E-state index is 3.75. The summed E-state index contributed by atoms with van der Waals surface area (Å²) in [5, 5.41) is 3.75. The zero-order valence-corrected chi connectivity index (χ0v) is 10.4. The molecular formula is C13H27N. The average molecular weight is 197 g/mol. The van der Waals surface area contributed by atoms with E-state index in [0.717, 1.165) is 18.5 Å². The van der Waals surface area contributed by atoms with Crippen molar-refractivity contribution < 1.29 is 0 Å². The Balaban J connectivity index is 2.33. The lowest BCUT2D eigenvalue weighted by molar-refractivity contribution is 0.295. The molecule has 0 aliphatic heterocycles. The van der Waals surface area contributed by atoms with Gasteiger partial charge >= 0.3 is 0 Å². The first kappa shape index (κ1) is 12.0. The minimum absolute atomic E-state index is 0.423. The van der Waals surface area contributed by atoms with Crippen molar-refractivity contribution in [2.75, 3.05) is 6.54 Å². The Hall–Kier alpha value is -0.0400. The summed E-state index contributed by atoms with van der Waals surface area (Å²) in [6, 6.07) is 0.775. The molecule has 0 aromatic carbocycles. The summed E-state index contributed by atoms with van der Waals surface area (Å²) < 4.78 is 0. The van der Waals surface area contributed by atoms with E-state index in [2.05, 4.69) is 33.0 Å². The summed E-state index contributed by atoms with van der Waals surface area (Å²) in [4.78, 5) is 0. The first-order valence-corrected chi connectivity index (χ1v) is 6.22. The second-order valence-electron chi connectivity index (χ2n) is 6.16. The highest BCUT2D eigenvalue weighted by Crippen LogP contribution is 2.23. The van der Waals surface area contributed by atoms with Gasteiger partial charge in [-0.05, 0) is 24.2 Å². The molecule has 1 N–H and O–H groups in total. The van der Waals surface area contributed by atoms with Crippen LogP contribution in [0, 0.1) is 11.3 Å². The van der Waals surface area contributed by atoms with Gasteiger partial charge in [0.25, 0.3) is 0 Å². The Labute approximate surface area is 89.7 Å². The summed E-state index contributed by atoms with van der Waals surface area (Å²) >= 11 is 0.